The van der Waals surface area contributed by atoms with Gasteiger partial charge >= 0.3 is 0 Å². The first-order valence-electron chi connectivity index (χ1n) is 4.64. The Morgan fingerprint density at radius 2 is 1.67 bits per heavy atom. The molecule has 4 nitrogen and oxygen atoms in total. The van der Waals surface area contributed by atoms with Crippen LogP contribution in [0.25, 0.3) is 0 Å². The van der Waals surface area contributed by atoms with Crippen LogP contribution in [0.1, 0.15) is 16.8 Å². The normalized spacial score (nSPS) is 11.5. The average Bonchev–Trinajstić information content (AvgIpc) is 2.11. The third kappa shape index (κ3) is 2.12. The van der Waals surface area contributed by atoms with Crippen molar-refractivity contribution >= 4 is 15.7 Å². The van der Waals surface area contributed by atoms with E-state index in [1.54, 1.807) is 14.0 Å². The summed E-state index contributed by atoms with van der Waals surface area (Å²) in [4.78, 5) is 4.53. The van der Waals surface area contributed by atoms with E-state index in [4.69, 9.17) is 0 Å². The van der Waals surface area contributed by atoms with Crippen molar-refractivity contribution in [1.82, 2.24) is 4.98 Å². The monoisotopic (exact) mass is 228 g/mol. The van der Waals surface area contributed by atoms with Crippen molar-refractivity contribution in [2.45, 2.75) is 25.7 Å². The third-order valence-corrected chi connectivity index (χ3v) is 3.79. The number of aryl methyl sites for hydroxylation is 1. The van der Waals surface area contributed by atoms with Crippen LogP contribution in [0.2, 0.25) is 0 Å². The summed E-state index contributed by atoms with van der Waals surface area (Å²) in [5.74, 6) is 0.429. The van der Waals surface area contributed by atoms with Gasteiger partial charge in [0.1, 0.15) is 10.7 Å². The quantitative estimate of drug-likeness (QED) is 0.832. The maximum atomic E-state index is 11.6. The highest BCUT2D eigenvalue weighted by molar-refractivity contribution is 7.91. The van der Waals surface area contributed by atoms with E-state index >= 15 is 0 Å². The molecule has 1 rings (SSSR count). The summed E-state index contributed by atoms with van der Waals surface area (Å²) in [6.45, 7) is 5.56. The molecule has 15 heavy (non-hydrogen) atoms. The van der Waals surface area contributed by atoms with Crippen molar-refractivity contribution in [2.24, 2.45) is 0 Å². The Balaban J connectivity index is 3.70. The van der Waals surface area contributed by atoms with Crippen LogP contribution in [0.4, 0.5) is 5.82 Å². The molecule has 0 radical (unpaired) electrons. The number of nitrogens with zero attached hydrogens (tertiary/aromatic N) is 1. The number of hydrogen-bond donors (Lipinski definition) is 1. The zero-order valence-corrected chi connectivity index (χ0v) is 10.5. The second kappa shape index (κ2) is 3.81. The van der Waals surface area contributed by atoms with Crippen molar-refractivity contribution in [1.29, 1.82) is 0 Å². The predicted molar refractivity (Wildman–Crippen MR) is 61.1 cm³/mol. The third-order valence-electron chi connectivity index (χ3n) is 2.55. The van der Waals surface area contributed by atoms with E-state index in [0.29, 0.717) is 10.7 Å². The van der Waals surface area contributed by atoms with Gasteiger partial charge in [0.25, 0.3) is 0 Å². The Morgan fingerprint density at radius 3 is 2.07 bits per heavy atom. The lowest BCUT2D eigenvalue weighted by Crippen LogP contribution is -2.10. The molecule has 0 aliphatic heterocycles. The van der Waals surface area contributed by atoms with Gasteiger partial charge in [-0.1, -0.05) is 0 Å². The van der Waals surface area contributed by atoms with Crippen LogP contribution < -0.4 is 5.32 Å². The van der Waals surface area contributed by atoms with Crippen LogP contribution in [-0.2, 0) is 9.84 Å². The lowest BCUT2D eigenvalue weighted by Gasteiger charge is -2.13. The van der Waals surface area contributed by atoms with E-state index in [9.17, 15) is 8.42 Å². The van der Waals surface area contributed by atoms with E-state index < -0.39 is 9.84 Å². The lowest BCUT2D eigenvalue weighted by atomic mass is 10.1. The molecule has 0 aliphatic carbocycles. The Hall–Kier alpha value is -1.10. The molecule has 0 fully saturated rings. The smallest absolute Gasteiger partial charge is 0.179 e. The second-order valence-corrected chi connectivity index (χ2v) is 5.60. The minimum Gasteiger partial charge on any atom is -0.372 e. The maximum Gasteiger partial charge on any atom is 0.179 e. The highest BCUT2D eigenvalue weighted by Gasteiger charge is 2.19. The highest BCUT2D eigenvalue weighted by atomic mass is 32.2. The van der Waals surface area contributed by atoms with Gasteiger partial charge in [0.15, 0.2) is 9.84 Å². The number of sulfone groups is 1. The molecule has 84 valence electrons. The zero-order chi connectivity index (χ0) is 11.8. The van der Waals surface area contributed by atoms with Gasteiger partial charge < -0.3 is 5.32 Å². The Labute approximate surface area is 90.7 Å². The molecule has 0 saturated carbocycles. The number of nitrogens with one attached hydrogen (secondary N) is 1. The van der Waals surface area contributed by atoms with E-state index in [1.807, 2.05) is 13.8 Å². The maximum absolute atomic E-state index is 11.6. The van der Waals surface area contributed by atoms with Gasteiger partial charge in [-0.15, -0.1) is 0 Å². The van der Waals surface area contributed by atoms with Crippen LogP contribution in [0, 0.1) is 20.8 Å². The molecule has 0 aromatic carbocycles. The van der Waals surface area contributed by atoms with E-state index in [0.717, 1.165) is 16.8 Å². The molecule has 0 aliphatic rings. The molecule has 1 aromatic rings. The van der Waals surface area contributed by atoms with Crippen LogP contribution in [0.15, 0.2) is 4.90 Å². The minimum atomic E-state index is -3.24. The molecule has 1 heterocycles. The molecule has 5 heteroatoms. The fourth-order valence-corrected chi connectivity index (χ4v) is 2.75. The Bertz CT molecular complexity index is 493. The number of anilines is 1. The Kier molecular flexibility index (Phi) is 3.04. The fraction of sp³-hybridized carbons (Fsp3) is 0.500. The van der Waals surface area contributed by atoms with Crippen molar-refractivity contribution in [3.63, 3.8) is 0 Å². The van der Waals surface area contributed by atoms with Gasteiger partial charge in [0.2, 0.25) is 0 Å². The lowest BCUT2D eigenvalue weighted by molar-refractivity contribution is 0.601. The van der Waals surface area contributed by atoms with E-state index in [-0.39, 0.29) is 0 Å². The van der Waals surface area contributed by atoms with Gasteiger partial charge in [-0.25, -0.2) is 13.4 Å². The molecule has 0 atom stereocenters. The van der Waals surface area contributed by atoms with E-state index in [2.05, 4.69) is 10.3 Å². The minimum absolute atomic E-state index is 0.299. The van der Waals surface area contributed by atoms with Crippen molar-refractivity contribution in [3.8, 4) is 0 Å². The van der Waals surface area contributed by atoms with E-state index in [1.165, 1.54) is 6.26 Å². The zero-order valence-electron chi connectivity index (χ0n) is 9.67. The number of aromatic nitrogens is 1. The summed E-state index contributed by atoms with van der Waals surface area (Å²) in [5.41, 5.74) is 2.55. The van der Waals surface area contributed by atoms with Crippen LogP contribution in [0.3, 0.4) is 0 Å². The number of pyridine rings is 1. The van der Waals surface area contributed by atoms with Gasteiger partial charge in [-0.05, 0) is 31.9 Å². The van der Waals surface area contributed by atoms with Gasteiger partial charge in [0.05, 0.1) is 0 Å². The molecule has 0 unspecified atom stereocenters. The number of rotatable bonds is 2. The molecule has 0 amide bonds. The van der Waals surface area contributed by atoms with Crippen molar-refractivity contribution < 1.29 is 8.42 Å². The largest absolute Gasteiger partial charge is 0.372 e. The average molecular weight is 228 g/mol. The summed E-state index contributed by atoms with van der Waals surface area (Å²) >= 11 is 0. The summed E-state index contributed by atoms with van der Waals surface area (Å²) in [6.07, 6.45) is 1.20. The molecular formula is C10H16N2O2S. The van der Waals surface area contributed by atoms with Gasteiger partial charge in [-0.2, -0.15) is 0 Å². The topological polar surface area (TPSA) is 59.1 Å². The molecule has 0 bridgehead atoms. The van der Waals surface area contributed by atoms with Crippen LogP contribution in [0.5, 0.6) is 0 Å². The molecule has 0 saturated heterocycles. The Morgan fingerprint density at radius 1 is 1.13 bits per heavy atom. The van der Waals surface area contributed by atoms with Crippen LogP contribution in [-0.4, -0.2) is 26.7 Å². The summed E-state index contributed by atoms with van der Waals surface area (Å²) in [6, 6.07) is 0. The van der Waals surface area contributed by atoms with Crippen molar-refractivity contribution in [3.05, 3.63) is 16.8 Å². The van der Waals surface area contributed by atoms with Crippen LogP contribution >= 0.6 is 0 Å². The van der Waals surface area contributed by atoms with Crippen molar-refractivity contribution in [2.75, 3.05) is 18.6 Å². The first-order valence-corrected chi connectivity index (χ1v) is 6.53. The van der Waals surface area contributed by atoms with Gasteiger partial charge in [0, 0.05) is 19.0 Å². The highest BCUT2D eigenvalue weighted by Crippen LogP contribution is 2.26. The summed E-state index contributed by atoms with van der Waals surface area (Å²) < 4.78 is 23.2. The van der Waals surface area contributed by atoms with Gasteiger partial charge in [-0.3, -0.25) is 0 Å². The first-order chi connectivity index (χ1) is 6.79. The second-order valence-electron chi connectivity index (χ2n) is 3.65. The molecule has 0 spiro atoms. The fourth-order valence-electron chi connectivity index (χ4n) is 1.54. The number of hydrogen-bond acceptors (Lipinski definition) is 4. The molecule has 1 aromatic heterocycles. The predicted octanol–water partition coefficient (Wildman–Crippen LogP) is 1.45. The summed E-state index contributed by atoms with van der Waals surface area (Å²) in [5, 5.41) is 2.82. The SMILES string of the molecule is CNc1nc(C)c(C)c(C)c1S(C)(=O)=O. The standard InChI is InChI=1S/C10H16N2O2S/c1-6-7(2)9(15(5,13)14)10(11-4)12-8(6)3/h1-5H3,(H,11,12). The molecular weight excluding hydrogens is 212 g/mol. The molecule has 1 N–H and O–H groups in total. The summed E-state index contributed by atoms with van der Waals surface area (Å²) in [7, 11) is -1.57. The first kappa shape index (κ1) is 12.0.